The van der Waals surface area contributed by atoms with Gasteiger partial charge in [0.2, 0.25) is 5.91 Å². The summed E-state index contributed by atoms with van der Waals surface area (Å²) in [5, 5.41) is 5.32. The number of piperidine rings is 1. The first-order chi connectivity index (χ1) is 19.4. The Balaban J connectivity index is 1.32. The third-order valence-electron chi connectivity index (χ3n) is 7.10. The van der Waals surface area contributed by atoms with Crippen molar-refractivity contribution in [1.82, 2.24) is 19.8 Å². The van der Waals surface area contributed by atoms with Crippen molar-refractivity contribution < 1.29 is 23.9 Å². The smallest absolute Gasteiger partial charge is 0.339 e. The molecule has 1 saturated heterocycles. The zero-order valence-corrected chi connectivity index (χ0v) is 23.1. The molecule has 2 unspecified atom stereocenters. The highest BCUT2D eigenvalue weighted by Gasteiger charge is 2.29. The Bertz CT molecular complexity index is 1330. The number of ether oxygens (including phenoxy) is 2. The highest BCUT2D eigenvalue weighted by Crippen LogP contribution is 2.30. The average Bonchev–Trinajstić information content (AvgIpc) is 3.35. The summed E-state index contributed by atoms with van der Waals surface area (Å²) in [6.45, 7) is 2.83. The van der Waals surface area contributed by atoms with Crippen molar-refractivity contribution in [3.63, 3.8) is 0 Å². The first-order valence-electron chi connectivity index (χ1n) is 13.6. The Morgan fingerprint density at radius 1 is 1.12 bits per heavy atom. The Hall–Kier alpha value is -3.96. The molecule has 214 valence electrons. The van der Waals surface area contributed by atoms with Gasteiger partial charge in [-0.2, -0.15) is 0 Å². The van der Waals surface area contributed by atoms with Gasteiger partial charge in [0.05, 0.1) is 29.4 Å². The number of carbonyl (C=O) groups excluding carboxylic acids is 3. The van der Waals surface area contributed by atoms with Gasteiger partial charge in [0.15, 0.2) is 0 Å². The molecule has 0 radical (unpaired) electrons. The van der Waals surface area contributed by atoms with Crippen LogP contribution in [0.25, 0.3) is 11.0 Å². The van der Waals surface area contributed by atoms with E-state index in [0.717, 1.165) is 42.7 Å². The summed E-state index contributed by atoms with van der Waals surface area (Å²) in [6, 6.07) is 13.6. The molecule has 3 aromatic rings. The molecule has 4 rings (SSSR count). The van der Waals surface area contributed by atoms with Crippen molar-refractivity contribution >= 4 is 34.6 Å². The van der Waals surface area contributed by atoms with E-state index in [1.165, 1.54) is 7.11 Å². The van der Waals surface area contributed by atoms with Gasteiger partial charge in [-0.15, -0.1) is 0 Å². The van der Waals surface area contributed by atoms with Crippen LogP contribution in [0.15, 0.2) is 48.5 Å². The summed E-state index contributed by atoms with van der Waals surface area (Å²) < 4.78 is 12.3. The molecule has 11 nitrogen and oxygen atoms in total. The van der Waals surface area contributed by atoms with Crippen LogP contribution in [-0.4, -0.2) is 78.9 Å². The van der Waals surface area contributed by atoms with Crippen LogP contribution in [-0.2, 0) is 20.8 Å². The number of nitrogens with one attached hydrogen (secondary N) is 2. The van der Waals surface area contributed by atoms with E-state index in [-0.39, 0.29) is 30.4 Å². The molecule has 40 heavy (non-hydrogen) atoms. The Kier molecular flexibility index (Phi) is 10.1. The average molecular weight is 551 g/mol. The van der Waals surface area contributed by atoms with Crippen LogP contribution < -0.4 is 16.4 Å². The molecule has 0 aliphatic carbocycles. The molecule has 1 aromatic heterocycles. The Labute approximate surface area is 234 Å². The number of amides is 3. The number of benzene rings is 2. The van der Waals surface area contributed by atoms with Crippen LogP contribution in [0.5, 0.6) is 0 Å². The van der Waals surface area contributed by atoms with Gasteiger partial charge in [-0.3, -0.25) is 4.79 Å². The van der Waals surface area contributed by atoms with E-state index in [2.05, 4.69) is 21.3 Å². The van der Waals surface area contributed by atoms with Gasteiger partial charge in [-0.05, 0) is 43.5 Å². The molecule has 1 aliphatic rings. The molecule has 4 N–H and O–H groups in total. The maximum absolute atomic E-state index is 13.2. The van der Waals surface area contributed by atoms with Crippen molar-refractivity contribution in [3.05, 3.63) is 59.9 Å². The van der Waals surface area contributed by atoms with E-state index in [9.17, 15) is 14.4 Å². The first kappa shape index (κ1) is 29.0. The fourth-order valence-electron chi connectivity index (χ4n) is 5.12. The number of aryl methyl sites for hydroxylation is 1. The van der Waals surface area contributed by atoms with Crippen LogP contribution in [0.2, 0.25) is 0 Å². The molecule has 3 amide bonds. The third kappa shape index (κ3) is 7.16. The number of methoxy groups -OCH3 is 2. The summed E-state index contributed by atoms with van der Waals surface area (Å²) >= 11 is 0. The standard InChI is InChI=1S/C29H38N6O5/c1-39-16-8-15-35-25-13-6-5-12-24(25)32-27(35)20-9-7-14-34(19-20)26(36)17-21(30)18-31-29(38)33-23-11-4-3-10-22(23)28(37)40-2/h3-6,10-13,20-21H,7-9,14-19,30H2,1-2H3,(H2,31,33,38). The zero-order valence-electron chi connectivity index (χ0n) is 23.1. The van der Waals surface area contributed by atoms with Crippen molar-refractivity contribution in [3.8, 4) is 0 Å². The highest BCUT2D eigenvalue weighted by atomic mass is 16.5. The molecular weight excluding hydrogens is 512 g/mol. The fourth-order valence-corrected chi connectivity index (χ4v) is 5.12. The lowest BCUT2D eigenvalue weighted by Gasteiger charge is -2.33. The number of hydrogen-bond donors (Lipinski definition) is 3. The van der Waals surface area contributed by atoms with Gasteiger partial charge in [0, 0.05) is 58.3 Å². The summed E-state index contributed by atoms with van der Waals surface area (Å²) in [4.78, 5) is 44.3. The predicted octanol–water partition coefficient (Wildman–Crippen LogP) is 3.10. The zero-order chi connectivity index (χ0) is 28.5. The van der Waals surface area contributed by atoms with E-state index < -0.39 is 18.0 Å². The number of imidazole rings is 1. The first-order valence-corrected chi connectivity index (χ1v) is 13.6. The summed E-state index contributed by atoms with van der Waals surface area (Å²) in [7, 11) is 2.98. The molecule has 2 atom stereocenters. The van der Waals surface area contributed by atoms with Crippen molar-refractivity contribution in [2.45, 2.75) is 44.2 Å². The second kappa shape index (κ2) is 13.9. The lowest BCUT2D eigenvalue weighted by Crippen LogP contribution is -2.45. The number of carbonyl (C=O) groups is 3. The Morgan fingerprint density at radius 2 is 1.90 bits per heavy atom. The molecule has 2 heterocycles. The minimum Gasteiger partial charge on any atom is -0.465 e. The van der Waals surface area contributed by atoms with Crippen LogP contribution in [0, 0.1) is 0 Å². The van der Waals surface area contributed by atoms with E-state index in [4.69, 9.17) is 20.2 Å². The molecule has 1 fully saturated rings. The molecule has 0 saturated carbocycles. The minimum atomic E-state index is -0.562. The molecule has 11 heteroatoms. The molecular formula is C29H38N6O5. The van der Waals surface area contributed by atoms with Crippen LogP contribution in [0.4, 0.5) is 10.5 Å². The van der Waals surface area contributed by atoms with Crippen molar-refractivity contribution in [2.75, 3.05) is 45.8 Å². The van der Waals surface area contributed by atoms with Gasteiger partial charge >= 0.3 is 12.0 Å². The van der Waals surface area contributed by atoms with Gasteiger partial charge < -0.3 is 35.3 Å². The topological polar surface area (TPSA) is 141 Å². The maximum Gasteiger partial charge on any atom is 0.339 e. The predicted molar refractivity (Wildman–Crippen MR) is 152 cm³/mol. The van der Waals surface area contributed by atoms with E-state index in [1.807, 2.05) is 23.1 Å². The number of rotatable bonds is 11. The fraction of sp³-hybridized carbons (Fsp3) is 0.448. The number of para-hydroxylation sites is 3. The molecule has 2 aromatic carbocycles. The molecule has 0 bridgehead atoms. The second-order valence-corrected chi connectivity index (χ2v) is 9.97. The highest BCUT2D eigenvalue weighted by molar-refractivity contribution is 6.00. The maximum atomic E-state index is 13.2. The minimum absolute atomic E-state index is 0.0440. The van der Waals surface area contributed by atoms with Gasteiger partial charge in [-0.1, -0.05) is 24.3 Å². The molecule has 1 aliphatic heterocycles. The number of hydrogen-bond acceptors (Lipinski definition) is 7. The van der Waals surface area contributed by atoms with Crippen LogP contribution >= 0.6 is 0 Å². The summed E-state index contributed by atoms with van der Waals surface area (Å²) in [5.41, 5.74) is 8.84. The van der Waals surface area contributed by atoms with E-state index in [0.29, 0.717) is 25.4 Å². The lowest BCUT2D eigenvalue weighted by atomic mass is 9.96. The number of anilines is 1. The van der Waals surface area contributed by atoms with Crippen molar-refractivity contribution in [2.24, 2.45) is 5.73 Å². The van der Waals surface area contributed by atoms with Gasteiger partial charge in [0.25, 0.3) is 0 Å². The number of aromatic nitrogens is 2. The normalized spacial score (nSPS) is 16.0. The quantitative estimate of drug-likeness (QED) is 0.246. The van der Waals surface area contributed by atoms with Crippen molar-refractivity contribution in [1.29, 1.82) is 0 Å². The van der Waals surface area contributed by atoms with E-state index in [1.54, 1.807) is 31.4 Å². The largest absolute Gasteiger partial charge is 0.465 e. The number of likely N-dealkylation sites (tertiary alicyclic amines) is 1. The number of urea groups is 1. The summed E-state index contributed by atoms with van der Waals surface area (Å²) in [6.07, 6.45) is 2.82. The number of fused-ring (bicyclic) bond motifs is 1. The SMILES string of the molecule is COCCCn1c(C2CCCN(C(=O)CC(N)CNC(=O)Nc3ccccc3C(=O)OC)C2)nc2ccccc21. The van der Waals surface area contributed by atoms with Gasteiger partial charge in [0.1, 0.15) is 5.82 Å². The Morgan fingerprint density at radius 3 is 2.70 bits per heavy atom. The number of esters is 1. The second-order valence-electron chi connectivity index (χ2n) is 9.97. The van der Waals surface area contributed by atoms with Crippen LogP contribution in [0.1, 0.15) is 47.8 Å². The van der Waals surface area contributed by atoms with Gasteiger partial charge in [-0.25, -0.2) is 14.6 Å². The monoisotopic (exact) mass is 550 g/mol. The summed E-state index contributed by atoms with van der Waals surface area (Å²) in [5.74, 6) is 0.536. The lowest BCUT2D eigenvalue weighted by molar-refractivity contribution is -0.132. The molecule has 0 spiro atoms. The number of nitrogens with two attached hydrogens (primary N) is 1. The third-order valence-corrected chi connectivity index (χ3v) is 7.10. The number of nitrogens with zero attached hydrogens (tertiary/aromatic N) is 3. The van der Waals surface area contributed by atoms with Crippen LogP contribution in [0.3, 0.4) is 0 Å². The van der Waals surface area contributed by atoms with E-state index >= 15 is 0 Å².